The van der Waals surface area contributed by atoms with Gasteiger partial charge < -0.3 is 29.2 Å². The number of hydrogen-bond donors (Lipinski definition) is 1. The largest absolute Gasteiger partial charge is 0.492 e. The number of hydrogen-bond acceptors (Lipinski definition) is 9. The van der Waals surface area contributed by atoms with Gasteiger partial charge in [0, 0.05) is 31.4 Å². The summed E-state index contributed by atoms with van der Waals surface area (Å²) in [6.07, 6.45) is 1.58. The number of carbonyl (C=O) groups excluding carboxylic acids is 2. The first-order chi connectivity index (χ1) is 17.0. The summed E-state index contributed by atoms with van der Waals surface area (Å²) in [7, 11) is 0. The summed E-state index contributed by atoms with van der Waals surface area (Å²) in [6.45, 7) is 8.68. The van der Waals surface area contributed by atoms with Gasteiger partial charge in [0.1, 0.15) is 17.3 Å². The number of aromatic nitrogens is 3. The number of esters is 1. The number of amides is 1. The molecule has 1 N–H and O–H groups in total. The van der Waals surface area contributed by atoms with Gasteiger partial charge in [-0.1, -0.05) is 0 Å². The molecule has 11 heteroatoms. The summed E-state index contributed by atoms with van der Waals surface area (Å²) in [4.78, 5) is 27.3. The van der Waals surface area contributed by atoms with E-state index < -0.39 is 18.5 Å². The van der Waals surface area contributed by atoms with Gasteiger partial charge in [0.05, 0.1) is 43.4 Å². The predicted molar refractivity (Wildman–Crippen MR) is 128 cm³/mol. The van der Waals surface area contributed by atoms with Crippen molar-refractivity contribution in [2.24, 2.45) is 0 Å². The Morgan fingerprint density at radius 1 is 1.06 bits per heavy atom. The number of aryl methyl sites for hydroxylation is 1. The molecular weight excluding hydrogens is 454 g/mol. The Morgan fingerprint density at radius 2 is 1.80 bits per heavy atom. The monoisotopic (exact) mass is 483 g/mol. The van der Waals surface area contributed by atoms with Crippen molar-refractivity contribution in [3.05, 3.63) is 41.9 Å². The molecule has 3 aromatic rings. The fourth-order valence-corrected chi connectivity index (χ4v) is 3.77. The van der Waals surface area contributed by atoms with E-state index in [2.05, 4.69) is 20.4 Å². The summed E-state index contributed by atoms with van der Waals surface area (Å²) in [6, 6.07) is 6.84. The highest BCUT2D eigenvalue weighted by Gasteiger charge is 2.21. The van der Waals surface area contributed by atoms with E-state index in [1.807, 2.05) is 19.9 Å². The molecule has 0 atom stereocenters. The molecule has 2 aromatic heterocycles. The topological polar surface area (TPSA) is 117 Å². The van der Waals surface area contributed by atoms with E-state index in [0.29, 0.717) is 55.1 Å². The van der Waals surface area contributed by atoms with Crippen LogP contribution in [-0.2, 0) is 14.3 Å². The van der Waals surface area contributed by atoms with Gasteiger partial charge in [0.25, 0.3) is 5.91 Å². The van der Waals surface area contributed by atoms with Crippen LogP contribution in [0.2, 0.25) is 0 Å². The molecule has 186 valence electrons. The fourth-order valence-electron chi connectivity index (χ4n) is 3.77. The van der Waals surface area contributed by atoms with Gasteiger partial charge in [0.15, 0.2) is 12.3 Å². The van der Waals surface area contributed by atoms with Crippen LogP contribution in [0.3, 0.4) is 0 Å². The molecule has 1 saturated heterocycles. The molecule has 0 radical (unpaired) electrons. The summed E-state index contributed by atoms with van der Waals surface area (Å²) in [5, 5.41) is 10.7. The number of rotatable bonds is 9. The molecule has 1 aliphatic rings. The Bertz CT molecular complexity index is 1200. The molecule has 0 saturated carbocycles. The van der Waals surface area contributed by atoms with Crippen molar-refractivity contribution in [2.45, 2.75) is 20.8 Å². The van der Waals surface area contributed by atoms with Crippen molar-refractivity contribution in [1.29, 1.82) is 0 Å². The molecule has 0 unspecified atom stereocenters. The Hall–Kier alpha value is -3.86. The van der Waals surface area contributed by atoms with Gasteiger partial charge in [-0.25, -0.2) is 4.79 Å². The van der Waals surface area contributed by atoms with Crippen LogP contribution in [0.15, 0.2) is 30.5 Å². The first-order valence-electron chi connectivity index (χ1n) is 11.5. The lowest BCUT2D eigenvalue weighted by molar-refractivity contribution is -0.119. The highest BCUT2D eigenvalue weighted by atomic mass is 16.5. The molecule has 1 aliphatic heterocycles. The number of nitrogens with zero attached hydrogens (tertiary/aromatic N) is 4. The molecule has 1 aromatic carbocycles. The van der Waals surface area contributed by atoms with Crippen LogP contribution in [0, 0.1) is 6.92 Å². The smallest absolute Gasteiger partial charge is 0.340 e. The van der Waals surface area contributed by atoms with Crippen LogP contribution in [0.5, 0.6) is 11.5 Å². The van der Waals surface area contributed by atoms with Gasteiger partial charge in [-0.3, -0.25) is 9.20 Å². The third-order valence-corrected chi connectivity index (χ3v) is 5.43. The van der Waals surface area contributed by atoms with E-state index in [4.69, 9.17) is 18.9 Å². The fraction of sp³-hybridized carbons (Fsp3) is 0.417. The van der Waals surface area contributed by atoms with E-state index in [1.54, 1.807) is 35.7 Å². The summed E-state index contributed by atoms with van der Waals surface area (Å²) in [5.41, 5.74) is 2.22. The minimum atomic E-state index is -0.627. The second-order valence-electron chi connectivity index (χ2n) is 7.80. The number of morpholine rings is 1. The Labute approximate surface area is 202 Å². The van der Waals surface area contributed by atoms with E-state index in [1.165, 1.54) is 0 Å². The van der Waals surface area contributed by atoms with E-state index in [0.717, 1.165) is 18.8 Å². The van der Waals surface area contributed by atoms with Crippen molar-refractivity contribution < 1.29 is 28.5 Å². The summed E-state index contributed by atoms with van der Waals surface area (Å²) < 4.78 is 24.0. The number of ether oxygens (including phenoxy) is 4. The van der Waals surface area contributed by atoms with Gasteiger partial charge in [0.2, 0.25) is 0 Å². The maximum atomic E-state index is 12.6. The van der Waals surface area contributed by atoms with Gasteiger partial charge in [-0.15, -0.1) is 10.2 Å². The number of benzene rings is 1. The lowest BCUT2D eigenvalue weighted by atomic mass is 10.2. The minimum Gasteiger partial charge on any atom is -0.492 e. The molecule has 35 heavy (non-hydrogen) atoms. The van der Waals surface area contributed by atoms with E-state index in [-0.39, 0.29) is 5.56 Å². The molecule has 0 aliphatic carbocycles. The van der Waals surface area contributed by atoms with Crippen LogP contribution in [0.1, 0.15) is 30.0 Å². The Balaban J connectivity index is 1.47. The molecule has 4 rings (SSSR count). The zero-order chi connectivity index (χ0) is 24.8. The minimum absolute atomic E-state index is 0.289. The van der Waals surface area contributed by atoms with Gasteiger partial charge in [-0.2, -0.15) is 0 Å². The third kappa shape index (κ3) is 5.62. The van der Waals surface area contributed by atoms with Crippen LogP contribution >= 0.6 is 0 Å². The molecule has 11 nitrogen and oxygen atoms in total. The molecule has 0 bridgehead atoms. The quantitative estimate of drug-likeness (QED) is 0.458. The first-order valence-corrected chi connectivity index (χ1v) is 11.5. The second kappa shape index (κ2) is 11.0. The van der Waals surface area contributed by atoms with E-state index in [9.17, 15) is 9.59 Å². The summed E-state index contributed by atoms with van der Waals surface area (Å²) in [5.74, 6) is 0.648. The number of pyridine rings is 1. The zero-order valence-corrected chi connectivity index (χ0v) is 20.1. The summed E-state index contributed by atoms with van der Waals surface area (Å²) >= 11 is 0. The van der Waals surface area contributed by atoms with Crippen molar-refractivity contribution in [3.8, 4) is 11.5 Å². The molecule has 0 spiro atoms. The van der Waals surface area contributed by atoms with Gasteiger partial charge >= 0.3 is 5.97 Å². The van der Waals surface area contributed by atoms with Crippen molar-refractivity contribution in [2.75, 3.05) is 56.3 Å². The number of carbonyl (C=O) groups is 2. The lowest BCUT2D eigenvalue weighted by Gasteiger charge is -2.31. The average Bonchev–Trinajstić information content (AvgIpc) is 3.24. The molecule has 1 amide bonds. The van der Waals surface area contributed by atoms with Crippen LogP contribution in [0.4, 0.5) is 11.4 Å². The Kier molecular flexibility index (Phi) is 7.66. The number of anilines is 2. The van der Waals surface area contributed by atoms with E-state index >= 15 is 0 Å². The van der Waals surface area contributed by atoms with Crippen molar-refractivity contribution in [1.82, 2.24) is 14.6 Å². The van der Waals surface area contributed by atoms with Crippen molar-refractivity contribution in [3.63, 3.8) is 0 Å². The third-order valence-electron chi connectivity index (χ3n) is 5.43. The lowest BCUT2D eigenvalue weighted by Crippen LogP contribution is -2.36. The van der Waals surface area contributed by atoms with Crippen molar-refractivity contribution >= 4 is 28.9 Å². The maximum absolute atomic E-state index is 12.6. The maximum Gasteiger partial charge on any atom is 0.340 e. The Morgan fingerprint density at radius 3 is 2.54 bits per heavy atom. The molecular formula is C24H29N5O6. The zero-order valence-electron chi connectivity index (χ0n) is 20.1. The number of nitrogens with one attached hydrogen (secondary N) is 1. The predicted octanol–water partition coefficient (Wildman–Crippen LogP) is 2.47. The molecule has 1 fully saturated rings. The normalized spacial score (nSPS) is 13.5. The second-order valence-corrected chi connectivity index (χ2v) is 7.80. The van der Waals surface area contributed by atoms with Crippen LogP contribution in [-0.4, -0.2) is 72.6 Å². The standard InChI is InChI=1S/C24H29N5O6/c1-4-33-20-13-19(28-8-10-32-11-9-28)21(34-5-2)12-18(20)25-23(30)15-35-24(31)17-6-7-22-27-26-16(3)29(22)14-17/h6-7,12-14H,4-5,8-11,15H2,1-3H3,(H,25,30). The highest BCUT2D eigenvalue weighted by molar-refractivity contribution is 5.97. The molecule has 3 heterocycles. The SMILES string of the molecule is CCOc1cc(N2CCOCC2)c(OCC)cc1NC(=O)COC(=O)c1ccc2nnc(C)n2c1. The average molecular weight is 484 g/mol. The van der Waals surface area contributed by atoms with Crippen LogP contribution in [0.25, 0.3) is 5.65 Å². The highest BCUT2D eigenvalue weighted by Crippen LogP contribution is 2.39. The number of fused-ring (bicyclic) bond motifs is 1. The van der Waals surface area contributed by atoms with Gasteiger partial charge in [-0.05, 0) is 32.9 Å². The first kappa shape index (κ1) is 24.3. The van der Waals surface area contributed by atoms with Crippen LogP contribution < -0.4 is 19.7 Å².